The quantitative estimate of drug-likeness (QED) is 0.372. The summed E-state index contributed by atoms with van der Waals surface area (Å²) in [5.41, 5.74) is 6.77. The Kier molecular flexibility index (Phi) is 8.53. The maximum absolute atomic E-state index is 9.78. The van der Waals surface area contributed by atoms with E-state index in [2.05, 4.69) is 68.7 Å². The number of hydrogen-bond donors (Lipinski definition) is 0. The number of rotatable bonds is 9. The highest BCUT2D eigenvalue weighted by atomic mass is 32.2. The van der Waals surface area contributed by atoms with Gasteiger partial charge < -0.3 is 4.31 Å². The second kappa shape index (κ2) is 10.6. The summed E-state index contributed by atoms with van der Waals surface area (Å²) < 4.78 is 2.14. The van der Waals surface area contributed by atoms with Crippen molar-refractivity contribution >= 4 is 29.4 Å². The molecule has 0 unspecified atom stereocenters. The van der Waals surface area contributed by atoms with Crippen molar-refractivity contribution in [2.24, 2.45) is 0 Å². The summed E-state index contributed by atoms with van der Waals surface area (Å²) >= 11 is 3.36. The predicted molar refractivity (Wildman–Crippen MR) is 120 cm³/mol. The van der Waals surface area contributed by atoms with Gasteiger partial charge in [-0.3, -0.25) is 0 Å². The zero-order chi connectivity index (χ0) is 19.8. The molecule has 1 aromatic carbocycles. The van der Waals surface area contributed by atoms with Crippen molar-refractivity contribution < 1.29 is 0 Å². The van der Waals surface area contributed by atoms with Crippen LogP contribution in [0.25, 0.3) is 0 Å². The van der Waals surface area contributed by atoms with E-state index in [1.165, 1.54) is 22.4 Å². The van der Waals surface area contributed by atoms with Gasteiger partial charge >= 0.3 is 0 Å². The van der Waals surface area contributed by atoms with Gasteiger partial charge in [-0.2, -0.15) is 5.26 Å². The van der Waals surface area contributed by atoms with E-state index in [1.807, 2.05) is 0 Å². The van der Waals surface area contributed by atoms with Crippen LogP contribution in [0.3, 0.4) is 0 Å². The van der Waals surface area contributed by atoms with Crippen LogP contribution in [0.15, 0.2) is 29.3 Å². The van der Waals surface area contributed by atoms with Crippen LogP contribution in [0.5, 0.6) is 0 Å². The number of unbranched alkanes of at least 4 members (excludes halogenated alkanes) is 1. The summed E-state index contributed by atoms with van der Waals surface area (Å²) in [5, 5.41) is 10.7. The van der Waals surface area contributed by atoms with Crippen molar-refractivity contribution in [3.8, 4) is 6.07 Å². The zero-order valence-electron chi connectivity index (χ0n) is 17.0. The molecule has 27 heavy (non-hydrogen) atoms. The Morgan fingerprint density at radius 1 is 1.15 bits per heavy atom. The van der Waals surface area contributed by atoms with Crippen molar-refractivity contribution in [2.75, 3.05) is 17.6 Å². The smallest absolute Gasteiger partial charge is 0.115 e. The summed E-state index contributed by atoms with van der Waals surface area (Å²) in [7, 11) is 2.06. The average Bonchev–Trinajstić information content (AvgIpc) is 2.70. The largest absolute Gasteiger partial charge is 0.320 e. The highest BCUT2D eigenvalue weighted by Crippen LogP contribution is 2.31. The molecule has 3 nitrogen and oxygen atoms in total. The molecular weight excluding hydrogens is 370 g/mol. The Balaban J connectivity index is 2.23. The minimum absolute atomic E-state index is 0.776. The van der Waals surface area contributed by atoms with Crippen LogP contribution in [0.4, 0.5) is 5.69 Å². The Labute approximate surface area is 172 Å². The number of nitriles is 1. The van der Waals surface area contributed by atoms with E-state index in [1.54, 1.807) is 23.7 Å². The molecule has 0 aliphatic carbocycles. The predicted octanol–water partition coefficient (Wildman–Crippen LogP) is 6.17. The van der Waals surface area contributed by atoms with E-state index in [9.17, 15) is 5.26 Å². The fourth-order valence-corrected chi connectivity index (χ4v) is 4.47. The molecule has 0 aliphatic heterocycles. The van der Waals surface area contributed by atoms with Crippen molar-refractivity contribution in [2.45, 2.75) is 57.2 Å². The monoisotopic (exact) mass is 399 g/mol. The SMILES string of the molecule is CCCCc1c(C)nc(SCc2ccc(N(C)SC)cc2)c(C#N)c1CC. The maximum atomic E-state index is 9.78. The molecule has 1 aromatic heterocycles. The van der Waals surface area contributed by atoms with Gasteiger partial charge in [-0.1, -0.05) is 44.3 Å². The molecule has 1 heterocycles. The van der Waals surface area contributed by atoms with E-state index < -0.39 is 0 Å². The van der Waals surface area contributed by atoms with Crippen molar-refractivity contribution in [1.82, 2.24) is 4.98 Å². The summed E-state index contributed by atoms with van der Waals surface area (Å²) in [6, 6.07) is 11.0. The van der Waals surface area contributed by atoms with Gasteiger partial charge in [0, 0.05) is 30.4 Å². The second-order valence-electron chi connectivity index (χ2n) is 6.54. The van der Waals surface area contributed by atoms with Gasteiger partial charge in [-0.25, -0.2) is 4.98 Å². The number of aryl methyl sites for hydroxylation is 1. The summed E-state index contributed by atoms with van der Waals surface area (Å²) in [6.07, 6.45) is 6.26. The van der Waals surface area contributed by atoms with Crippen molar-refractivity contribution in [3.05, 3.63) is 52.2 Å². The first-order valence-corrected chi connectivity index (χ1v) is 11.6. The molecule has 0 amide bonds. The van der Waals surface area contributed by atoms with E-state index >= 15 is 0 Å². The van der Waals surface area contributed by atoms with Crippen LogP contribution < -0.4 is 4.31 Å². The highest BCUT2D eigenvalue weighted by Gasteiger charge is 2.17. The second-order valence-corrected chi connectivity index (χ2v) is 8.42. The summed E-state index contributed by atoms with van der Waals surface area (Å²) in [5.74, 6) is 0.821. The van der Waals surface area contributed by atoms with Crippen molar-refractivity contribution in [3.63, 3.8) is 0 Å². The van der Waals surface area contributed by atoms with E-state index in [4.69, 9.17) is 4.98 Å². The van der Waals surface area contributed by atoms with Crippen LogP contribution in [-0.4, -0.2) is 18.3 Å². The van der Waals surface area contributed by atoms with Crippen LogP contribution >= 0.6 is 23.7 Å². The van der Waals surface area contributed by atoms with Crippen LogP contribution in [0, 0.1) is 18.3 Å². The lowest BCUT2D eigenvalue weighted by Gasteiger charge is -2.16. The Bertz CT molecular complexity index is 795. The van der Waals surface area contributed by atoms with Crippen molar-refractivity contribution in [1.29, 1.82) is 5.26 Å². The number of anilines is 1. The normalized spacial score (nSPS) is 10.7. The molecule has 0 radical (unpaired) electrons. The highest BCUT2D eigenvalue weighted by molar-refractivity contribution is 7.99. The lowest BCUT2D eigenvalue weighted by atomic mass is 9.96. The molecule has 2 rings (SSSR count). The lowest BCUT2D eigenvalue weighted by Crippen LogP contribution is -2.06. The molecule has 0 atom stereocenters. The van der Waals surface area contributed by atoms with E-state index in [0.29, 0.717) is 0 Å². The van der Waals surface area contributed by atoms with Gasteiger partial charge in [0.2, 0.25) is 0 Å². The molecule has 0 saturated heterocycles. The third-order valence-electron chi connectivity index (χ3n) is 4.78. The molecule has 2 aromatic rings. The molecule has 0 bridgehead atoms. The summed E-state index contributed by atoms with van der Waals surface area (Å²) in [6.45, 7) is 6.43. The molecule has 0 fully saturated rings. The van der Waals surface area contributed by atoms with Gasteiger partial charge in [0.25, 0.3) is 0 Å². The summed E-state index contributed by atoms with van der Waals surface area (Å²) in [4.78, 5) is 4.81. The number of pyridine rings is 1. The third kappa shape index (κ3) is 5.43. The molecular formula is C22H29N3S2. The zero-order valence-corrected chi connectivity index (χ0v) is 18.6. The number of aromatic nitrogens is 1. The number of thioether (sulfide) groups is 1. The average molecular weight is 400 g/mol. The topological polar surface area (TPSA) is 39.9 Å². The molecule has 0 aliphatic rings. The van der Waals surface area contributed by atoms with Gasteiger partial charge in [0.05, 0.1) is 5.56 Å². The van der Waals surface area contributed by atoms with Gasteiger partial charge in [-0.05, 0) is 55.0 Å². The molecule has 0 N–H and O–H groups in total. The number of nitrogens with zero attached hydrogens (tertiary/aromatic N) is 3. The Hall–Kier alpha value is -1.64. The first kappa shape index (κ1) is 21.7. The minimum Gasteiger partial charge on any atom is -0.320 e. The Morgan fingerprint density at radius 2 is 1.85 bits per heavy atom. The minimum atomic E-state index is 0.776. The molecule has 0 spiro atoms. The first-order valence-electron chi connectivity index (χ1n) is 9.47. The lowest BCUT2D eigenvalue weighted by molar-refractivity contribution is 0.770. The first-order chi connectivity index (χ1) is 13.0. The van der Waals surface area contributed by atoms with Crippen LogP contribution in [0.2, 0.25) is 0 Å². The third-order valence-corrected chi connectivity index (χ3v) is 6.59. The standard InChI is InChI=1S/C22H29N3S2/c1-6-8-9-20-16(3)24-22(21(14-23)19(20)7-2)27-15-17-10-12-18(13-11-17)25(4)26-5/h10-13H,6-9,15H2,1-5H3. The van der Waals surface area contributed by atoms with E-state index in [-0.39, 0.29) is 0 Å². The fourth-order valence-electron chi connectivity index (χ4n) is 3.13. The number of hydrogen-bond acceptors (Lipinski definition) is 5. The van der Waals surface area contributed by atoms with Gasteiger partial charge in [-0.15, -0.1) is 11.8 Å². The fraction of sp³-hybridized carbons (Fsp3) is 0.455. The van der Waals surface area contributed by atoms with Crippen LogP contribution in [-0.2, 0) is 18.6 Å². The van der Waals surface area contributed by atoms with Crippen LogP contribution in [0.1, 0.15) is 54.6 Å². The maximum Gasteiger partial charge on any atom is 0.115 e. The molecule has 0 saturated carbocycles. The molecule has 144 valence electrons. The number of benzene rings is 1. The van der Waals surface area contributed by atoms with E-state index in [0.717, 1.165) is 47.7 Å². The molecule has 5 heteroatoms. The van der Waals surface area contributed by atoms with Gasteiger partial charge in [0.15, 0.2) is 0 Å². The van der Waals surface area contributed by atoms with Gasteiger partial charge in [0.1, 0.15) is 11.1 Å². The Morgan fingerprint density at radius 3 is 2.41 bits per heavy atom.